The largest absolute Gasteiger partial charge is 0.341 e. The highest BCUT2D eigenvalue weighted by Gasteiger charge is 2.16. The van der Waals surface area contributed by atoms with E-state index in [1.54, 1.807) is 14.0 Å². The van der Waals surface area contributed by atoms with E-state index in [0.29, 0.717) is 6.54 Å². The van der Waals surface area contributed by atoms with Gasteiger partial charge in [0, 0.05) is 25.2 Å². The number of benzene rings is 1. The normalized spacial score (nSPS) is 12.3. The Morgan fingerprint density at radius 2 is 2.12 bits per heavy atom. The molecule has 0 heterocycles. The highest BCUT2D eigenvalue weighted by atomic mass is 19.1. The first-order valence-corrected chi connectivity index (χ1v) is 5.35. The third-order valence-electron chi connectivity index (χ3n) is 2.75. The average molecular weight is 242 g/mol. The molecule has 0 bridgehead atoms. The van der Waals surface area contributed by atoms with E-state index in [1.807, 2.05) is 0 Å². The first kappa shape index (κ1) is 13.6. The maximum absolute atomic E-state index is 13.3. The molecule has 0 saturated carbocycles. The number of hydrogen-bond donors (Lipinski definition) is 1. The van der Waals surface area contributed by atoms with Crippen molar-refractivity contribution in [3.05, 3.63) is 35.4 Å². The van der Waals surface area contributed by atoms with E-state index in [1.165, 1.54) is 4.90 Å². The van der Waals surface area contributed by atoms with E-state index in [2.05, 4.69) is 0 Å². The number of halogens is 2. The van der Waals surface area contributed by atoms with Crippen molar-refractivity contribution in [1.82, 2.24) is 4.90 Å². The Morgan fingerprint density at radius 1 is 1.47 bits per heavy atom. The van der Waals surface area contributed by atoms with Crippen molar-refractivity contribution in [3.8, 4) is 0 Å². The van der Waals surface area contributed by atoms with Gasteiger partial charge < -0.3 is 10.6 Å². The Kier molecular flexibility index (Phi) is 4.57. The van der Waals surface area contributed by atoms with Gasteiger partial charge in [-0.25, -0.2) is 8.78 Å². The van der Waals surface area contributed by atoms with Crippen molar-refractivity contribution < 1.29 is 13.6 Å². The number of carbonyl (C=O) groups excluding carboxylic acids is 1. The molecule has 1 amide bonds. The van der Waals surface area contributed by atoms with Crippen molar-refractivity contribution >= 4 is 5.91 Å². The fourth-order valence-electron chi connectivity index (χ4n) is 1.37. The van der Waals surface area contributed by atoms with Crippen molar-refractivity contribution in [2.75, 3.05) is 13.6 Å². The quantitative estimate of drug-likeness (QED) is 0.865. The second-order valence-electron chi connectivity index (χ2n) is 4.00. The molecule has 1 aromatic rings. The van der Waals surface area contributed by atoms with Gasteiger partial charge in [-0.05, 0) is 25.1 Å². The lowest BCUT2D eigenvalue weighted by atomic mass is 10.1. The minimum Gasteiger partial charge on any atom is -0.341 e. The van der Waals surface area contributed by atoms with Gasteiger partial charge in [0.2, 0.25) is 5.91 Å². The van der Waals surface area contributed by atoms with Crippen LogP contribution in [0.1, 0.15) is 12.5 Å². The van der Waals surface area contributed by atoms with E-state index < -0.39 is 11.6 Å². The van der Waals surface area contributed by atoms with E-state index in [9.17, 15) is 13.6 Å². The first-order chi connectivity index (χ1) is 7.95. The summed E-state index contributed by atoms with van der Waals surface area (Å²) in [5.41, 5.74) is 5.49. The zero-order chi connectivity index (χ0) is 13.0. The van der Waals surface area contributed by atoms with Crippen molar-refractivity contribution in [1.29, 1.82) is 0 Å². The maximum Gasteiger partial charge on any atom is 0.227 e. The van der Waals surface area contributed by atoms with Crippen LogP contribution in [0.25, 0.3) is 0 Å². The van der Waals surface area contributed by atoms with Gasteiger partial charge in [-0.15, -0.1) is 0 Å². The number of nitrogens with zero attached hydrogens (tertiary/aromatic N) is 1. The van der Waals surface area contributed by atoms with E-state index in [-0.39, 0.29) is 23.9 Å². The predicted octanol–water partition coefficient (Wildman–Crippen LogP) is 1.31. The molecule has 1 aromatic carbocycles. The summed E-state index contributed by atoms with van der Waals surface area (Å²) in [7, 11) is 1.59. The summed E-state index contributed by atoms with van der Waals surface area (Å²) in [5.74, 6) is -1.41. The molecule has 1 rings (SSSR count). The van der Waals surface area contributed by atoms with Gasteiger partial charge in [-0.3, -0.25) is 4.79 Å². The Balaban J connectivity index is 2.77. The first-order valence-electron chi connectivity index (χ1n) is 5.35. The van der Waals surface area contributed by atoms with Gasteiger partial charge in [-0.2, -0.15) is 0 Å². The molecule has 0 unspecified atom stereocenters. The van der Waals surface area contributed by atoms with Gasteiger partial charge in [0.1, 0.15) is 11.6 Å². The van der Waals surface area contributed by atoms with Crippen LogP contribution in [-0.2, 0) is 11.2 Å². The van der Waals surface area contributed by atoms with Crippen LogP contribution < -0.4 is 5.73 Å². The molecule has 1 atom stereocenters. The molecule has 94 valence electrons. The Bertz CT molecular complexity index is 409. The number of carbonyl (C=O) groups is 1. The average Bonchev–Trinajstić information content (AvgIpc) is 2.31. The lowest BCUT2D eigenvalue weighted by molar-refractivity contribution is -0.130. The van der Waals surface area contributed by atoms with Gasteiger partial charge in [0.25, 0.3) is 0 Å². The molecule has 0 spiro atoms. The number of nitrogens with two attached hydrogens (primary N) is 1. The van der Waals surface area contributed by atoms with Crippen LogP contribution >= 0.6 is 0 Å². The van der Waals surface area contributed by atoms with Crippen molar-refractivity contribution in [3.63, 3.8) is 0 Å². The highest BCUT2D eigenvalue weighted by molar-refractivity contribution is 5.78. The van der Waals surface area contributed by atoms with Crippen molar-refractivity contribution in [2.45, 2.75) is 19.4 Å². The molecular weight excluding hydrogens is 226 g/mol. The van der Waals surface area contributed by atoms with Crippen LogP contribution in [0.2, 0.25) is 0 Å². The molecule has 0 aliphatic heterocycles. The molecule has 0 aliphatic rings. The summed E-state index contributed by atoms with van der Waals surface area (Å²) in [6.07, 6.45) is -0.162. The minimum absolute atomic E-state index is 0.0612. The summed E-state index contributed by atoms with van der Waals surface area (Å²) in [4.78, 5) is 13.2. The molecular formula is C12H16F2N2O. The number of likely N-dealkylation sites (N-methyl/N-ethyl adjacent to an activating group) is 1. The van der Waals surface area contributed by atoms with Crippen LogP contribution in [-0.4, -0.2) is 30.4 Å². The summed E-state index contributed by atoms with van der Waals surface area (Å²) < 4.78 is 26.2. The maximum atomic E-state index is 13.3. The topological polar surface area (TPSA) is 46.3 Å². The predicted molar refractivity (Wildman–Crippen MR) is 61.3 cm³/mol. The Morgan fingerprint density at radius 3 is 2.71 bits per heavy atom. The molecule has 2 N–H and O–H groups in total. The molecule has 0 radical (unpaired) electrons. The third-order valence-corrected chi connectivity index (χ3v) is 2.75. The third kappa shape index (κ3) is 3.49. The smallest absolute Gasteiger partial charge is 0.227 e. The molecule has 0 fully saturated rings. The molecule has 0 saturated heterocycles. The summed E-state index contributed by atoms with van der Waals surface area (Å²) in [5, 5.41) is 0. The van der Waals surface area contributed by atoms with Gasteiger partial charge in [0.15, 0.2) is 0 Å². The zero-order valence-corrected chi connectivity index (χ0v) is 9.91. The van der Waals surface area contributed by atoms with Crippen LogP contribution in [0.4, 0.5) is 8.78 Å². The van der Waals surface area contributed by atoms with E-state index in [4.69, 9.17) is 5.73 Å². The molecule has 0 aromatic heterocycles. The molecule has 5 heteroatoms. The second kappa shape index (κ2) is 5.72. The fraction of sp³-hybridized carbons (Fsp3) is 0.417. The van der Waals surface area contributed by atoms with Crippen LogP contribution in [0.15, 0.2) is 18.2 Å². The number of amides is 1. The van der Waals surface area contributed by atoms with Gasteiger partial charge >= 0.3 is 0 Å². The second-order valence-corrected chi connectivity index (χ2v) is 4.00. The zero-order valence-electron chi connectivity index (χ0n) is 9.91. The lowest BCUT2D eigenvalue weighted by Gasteiger charge is -2.23. The molecule has 17 heavy (non-hydrogen) atoms. The van der Waals surface area contributed by atoms with Gasteiger partial charge in [-0.1, -0.05) is 0 Å². The number of hydrogen-bond acceptors (Lipinski definition) is 2. The lowest BCUT2D eigenvalue weighted by Crippen LogP contribution is -2.40. The summed E-state index contributed by atoms with van der Waals surface area (Å²) >= 11 is 0. The summed E-state index contributed by atoms with van der Waals surface area (Å²) in [6.45, 7) is 2.12. The van der Waals surface area contributed by atoms with Crippen molar-refractivity contribution in [2.24, 2.45) is 5.73 Å². The number of rotatable bonds is 4. The van der Waals surface area contributed by atoms with E-state index in [0.717, 1.165) is 18.2 Å². The molecule has 0 aliphatic carbocycles. The van der Waals surface area contributed by atoms with Crippen LogP contribution in [0.3, 0.4) is 0 Å². The minimum atomic E-state index is -0.575. The monoisotopic (exact) mass is 242 g/mol. The molecule has 3 nitrogen and oxygen atoms in total. The fourth-order valence-corrected chi connectivity index (χ4v) is 1.37. The Hall–Kier alpha value is -1.49. The van der Waals surface area contributed by atoms with Crippen LogP contribution in [0.5, 0.6) is 0 Å². The highest BCUT2D eigenvalue weighted by Crippen LogP contribution is 2.11. The Labute approximate surface area is 99.2 Å². The summed E-state index contributed by atoms with van der Waals surface area (Å²) in [6, 6.07) is 2.95. The SMILES string of the molecule is C[C@@H](CN)N(C)C(=O)Cc1cc(F)ccc1F. The van der Waals surface area contributed by atoms with Crippen LogP contribution in [0, 0.1) is 11.6 Å². The van der Waals surface area contributed by atoms with Gasteiger partial charge in [0.05, 0.1) is 6.42 Å². The standard InChI is InChI=1S/C12H16F2N2O/c1-8(7-15)16(2)12(17)6-9-5-10(13)3-4-11(9)14/h3-5,8H,6-7,15H2,1-2H3/t8-/m0/s1. The van der Waals surface area contributed by atoms with E-state index >= 15 is 0 Å².